The Balaban J connectivity index is 1.74. The lowest BCUT2D eigenvalue weighted by molar-refractivity contribution is 0.356. The maximum atomic E-state index is 13.0. The summed E-state index contributed by atoms with van der Waals surface area (Å²) < 4.78 is 18.5. The molecule has 2 fully saturated rings. The van der Waals surface area contributed by atoms with E-state index in [1.165, 1.54) is 31.4 Å². The number of halogens is 1. The van der Waals surface area contributed by atoms with Gasteiger partial charge in [0.1, 0.15) is 11.6 Å². The van der Waals surface area contributed by atoms with E-state index in [1.54, 1.807) is 12.1 Å². The average molecular weight is 258 g/mol. The predicted octanol–water partition coefficient (Wildman–Crippen LogP) is 3.58. The minimum Gasteiger partial charge on any atom is -0.380 e. The summed E-state index contributed by atoms with van der Waals surface area (Å²) in [5.41, 5.74) is 7.66. The number of nitrogen functional groups attached to an aromatic ring is 1. The van der Waals surface area contributed by atoms with Crippen LogP contribution in [-0.2, 0) is 0 Å². The molecule has 2 N–H and O–H groups in total. The summed E-state index contributed by atoms with van der Waals surface area (Å²) in [6.07, 6.45) is 3.72. The summed E-state index contributed by atoms with van der Waals surface area (Å²) in [6, 6.07) is 6.35. The highest BCUT2D eigenvalue weighted by Gasteiger charge is 2.48. The Morgan fingerprint density at radius 3 is 2.47 bits per heavy atom. The van der Waals surface area contributed by atoms with Crippen molar-refractivity contribution < 1.29 is 8.91 Å². The van der Waals surface area contributed by atoms with Gasteiger partial charge in [0, 0.05) is 5.92 Å². The van der Waals surface area contributed by atoms with E-state index in [0.29, 0.717) is 11.7 Å². The van der Waals surface area contributed by atoms with Crippen LogP contribution in [0.2, 0.25) is 0 Å². The van der Waals surface area contributed by atoms with Crippen molar-refractivity contribution in [3.05, 3.63) is 35.8 Å². The normalized spacial score (nSPS) is 28.4. The molecule has 3 nitrogen and oxygen atoms in total. The van der Waals surface area contributed by atoms with Crippen LogP contribution in [0.15, 0.2) is 28.8 Å². The molecule has 2 saturated carbocycles. The van der Waals surface area contributed by atoms with E-state index in [4.69, 9.17) is 10.3 Å². The summed E-state index contributed by atoms with van der Waals surface area (Å²) in [7, 11) is 0. The van der Waals surface area contributed by atoms with E-state index in [2.05, 4.69) is 5.16 Å². The second-order valence-corrected chi connectivity index (χ2v) is 5.74. The third-order valence-electron chi connectivity index (χ3n) is 4.49. The van der Waals surface area contributed by atoms with Gasteiger partial charge in [0.2, 0.25) is 0 Å². The number of nitrogens with zero attached hydrogens (tertiary/aromatic N) is 1. The number of fused-ring (bicyclic) bond motifs is 1. The van der Waals surface area contributed by atoms with Gasteiger partial charge in [0.15, 0.2) is 5.82 Å². The predicted molar refractivity (Wildman–Crippen MR) is 69.9 cm³/mol. The first-order valence-corrected chi connectivity index (χ1v) is 6.73. The molecule has 4 rings (SSSR count). The minimum atomic E-state index is -0.248. The number of rotatable bonds is 2. The van der Waals surface area contributed by atoms with Gasteiger partial charge in [-0.05, 0) is 48.8 Å². The number of anilines is 1. The van der Waals surface area contributed by atoms with Crippen molar-refractivity contribution in [3.63, 3.8) is 0 Å². The van der Waals surface area contributed by atoms with Crippen molar-refractivity contribution in [2.45, 2.75) is 25.2 Å². The molecule has 0 amide bonds. The van der Waals surface area contributed by atoms with Crippen molar-refractivity contribution in [2.75, 3.05) is 5.73 Å². The molecule has 1 aromatic heterocycles. The van der Waals surface area contributed by atoms with Gasteiger partial charge in [-0.1, -0.05) is 17.3 Å². The SMILES string of the molecule is Nc1noc(C2CC3CC3C2)c1-c1ccc(F)cc1. The van der Waals surface area contributed by atoms with Crippen molar-refractivity contribution in [1.82, 2.24) is 5.16 Å². The van der Waals surface area contributed by atoms with Crippen LogP contribution in [0.4, 0.5) is 10.2 Å². The third-order valence-corrected chi connectivity index (χ3v) is 4.49. The van der Waals surface area contributed by atoms with Gasteiger partial charge < -0.3 is 10.3 Å². The maximum absolute atomic E-state index is 13.0. The van der Waals surface area contributed by atoms with Crippen molar-refractivity contribution in [1.29, 1.82) is 0 Å². The van der Waals surface area contributed by atoms with E-state index in [-0.39, 0.29) is 5.82 Å². The molecule has 19 heavy (non-hydrogen) atoms. The van der Waals surface area contributed by atoms with Crippen LogP contribution in [-0.4, -0.2) is 5.16 Å². The number of benzene rings is 1. The molecule has 1 heterocycles. The van der Waals surface area contributed by atoms with Gasteiger partial charge in [0.05, 0.1) is 5.56 Å². The van der Waals surface area contributed by atoms with Gasteiger partial charge in [-0.2, -0.15) is 0 Å². The summed E-state index contributed by atoms with van der Waals surface area (Å²) >= 11 is 0. The van der Waals surface area contributed by atoms with Crippen molar-refractivity contribution in [2.24, 2.45) is 11.8 Å². The highest BCUT2D eigenvalue weighted by molar-refractivity contribution is 5.76. The summed E-state index contributed by atoms with van der Waals surface area (Å²) in [6.45, 7) is 0. The number of nitrogens with two attached hydrogens (primary N) is 1. The van der Waals surface area contributed by atoms with Crippen LogP contribution >= 0.6 is 0 Å². The van der Waals surface area contributed by atoms with Crippen LogP contribution in [0.3, 0.4) is 0 Å². The molecule has 2 unspecified atom stereocenters. The fourth-order valence-electron chi connectivity index (χ4n) is 3.43. The fraction of sp³-hybridized carbons (Fsp3) is 0.400. The molecule has 0 saturated heterocycles. The standard InChI is InChI=1S/C15H15FN2O/c16-12-3-1-8(2-4-12)13-14(19-18-15(13)17)11-6-9-5-10(9)7-11/h1-4,9-11H,5-7H2,(H2,17,18). The molecule has 2 atom stereocenters. The molecule has 0 spiro atoms. The molecule has 0 bridgehead atoms. The van der Waals surface area contributed by atoms with Crippen molar-refractivity contribution in [3.8, 4) is 11.1 Å². The smallest absolute Gasteiger partial charge is 0.175 e. The van der Waals surface area contributed by atoms with E-state index in [9.17, 15) is 4.39 Å². The van der Waals surface area contributed by atoms with E-state index in [1.807, 2.05) is 0 Å². The number of hydrogen-bond acceptors (Lipinski definition) is 3. The zero-order chi connectivity index (χ0) is 13.0. The monoisotopic (exact) mass is 258 g/mol. The zero-order valence-electron chi connectivity index (χ0n) is 10.5. The molecule has 0 aliphatic heterocycles. The molecule has 2 aliphatic carbocycles. The maximum Gasteiger partial charge on any atom is 0.175 e. The zero-order valence-corrected chi connectivity index (χ0v) is 10.5. The van der Waals surface area contributed by atoms with Gasteiger partial charge in [-0.25, -0.2) is 4.39 Å². The third kappa shape index (κ3) is 1.74. The highest BCUT2D eigenvalue weighted by Crippen LogP contribution is 2.58. The largest absolute Gasteiger partial charge is 0.380 e. The molecule has 0 radical (unpaired) electrons. The quantitative estimate of drug-likeness (QED) is 0.895. The molecular weight excluding hydrogens is 243 g/mol. The second kappa shape index (κ2) is 3.83. The second-order valence-electron chi connectivity index (χ2n) is 5.74. The fourth-order valence-corrected chi connectivity index (χ4v) is 3.43. The summed E-state index contributed by atoms with van der Waals surface area (Å²) in [5, 5.41) is 3.91. The Hall–Kier alpha value is -1.84. The average Bonchev–Trinajstić information content (AvgIpc) is 2.84. The van der Waals surface area contributed by atoms with E-state index >= 15 is 0 Å². The van der Waals surface area contributed by atoms with Crippen LogP contribution in [0.1, 0.15) is 30.9 Å². The van der Waals surface area contributed by atoms with Crippen LogP contribution < -0.4 is 5.73 Å². The Kier molecular flexibility index (Phi) is 2.22. The van der Waals surface area contributed by atoms with Gasteiger partial charge >= 0.3 is 0 Å². The molecule has 2 aromatic rings. The Morgan fingerprint density at radius 2 is 1.79 bits per heavy atom. The van der Waals surface area contributed by atoms with Gasteiger partial charge in [0.25, 0.3) is 0 Å². The summed E-state index contributed by atoms with van der Waals surface area (Å²) in [4.78, 5) is 0. The Bertz CT molecular complexity index is 610. The van der Waals surface area contributed by atoms with Crippen LogP contribution in [0.5, 0.6) is 0 Å². The van der Waals surface area contributed by atoms with E-state index in [0.717, 1.165) is 28.7 Å². The Morgan fingerprint density at radius 1 is 1.11 bits per heavy atom. The summed E-state index contributed by atoms with van der Waals surface area (Å²) in [5.74, 6) is 3.21. The first-order valence-electron chi connectivity index (χ1n) is 6.73. The molecule has 1 aromatic carbocycles. The van der Waals surface area contributed by atoms with Gasteiger partial charge in [-0.3, -0.25) is 0 Å². The number of aromatic nitrogens is 1. The minimum absolute atomic E-state index is 0.248. The molecular formula is C15H15FN2O. The molecule has 2 aliphatic rings. The Labute approximate surface area is 110 Å². The van der Waals surface area contributed by atoms with Gasteiger partial charge in [-0.15, -0.1) is 0 Å². The lowest BCUT2D eigenvalue weighted by atomic mass is 9.94. The first kappa shape index (κ1) is 11.0. The van der Waals surface area contributed by atoms with Crippen molar-refractivity contribution >= 4 is 5.82 Å². The first-order chi connectivity index (χ1) is 9.22. The molecule has 98 valence electrons. The topological polar surface area (TPSA) is 52.0 Å². The van der Waals surface area contributed by atoms with Crippen LogP contribution in [0.25, 0.3) is 11.1 Å². The lowest BCUT2D eigenvalue weighted by Gasteiger charge is -2.10. The molecule has 4 heteroatoms. The lowest BCUT2D eigenvalue weighted by Crippen LogP contribution is -1.97. The highest BCUT2D eigenvalue weighted by atomic mass is 19.1. The van der Waals surface area contributed by atoms with Crippen LogP contribution in [0, 0.1) is 17.7 Å². The number of hydrogen-bond donors (Lipinski definition) is 1. The van der Waals surface area contributed by atoms with E-state index < -0.39 is 0 Å².